The van der Waals surface area contributed by atoms with E-state index in [1.807, 2.05) is 20.8 Å². The molecule has 0 aromatic heterocycles. The topological polar surface area (TPSA) is 65.7 Å². The van der Waals surface area contributed by atoms with Crippen molar-refractivity contribution in [3.8, 4) is 0 Å². The first kappa shape index (κ1) is 15.0. The van der Waals surface area contributed by atoms with Crippen LogP contribution in [0, 0.1) is 0 Å². The van der Waals surface area contributed by atoms with Crippen molar-refractivity contribution in [2.45, 2.75) is 33.2 Å². The standard InChI is InChI=1S/C9H24N2O3Si/c1-4-12-15(13-5-2,14-6-3)9-7-8-11-10/h11H,4-10H2,1-3H3. The maximum absolute atomic E-state index is 5.68. The quantitative estimate of drug-likeness (QED) is 0.255. The van der Waals surface area contributed by atoms with E-state index in [4.69, 9.17) is 19.1 Å². The van der Waals surface area contributed by atoms with E-state index in [0.717, 1.165) is 19.0 Å². The Balaban J connectivity index is 4.18. The van der Waals surface area contributed by atoms with Crippen LogP contribution in [0.4, 0.5) is 0 Å². The highest BCUT2D eigenvalue weighted by molar-refractivity contribution is 6.60. The molecule has 6 heteroatoms. The number of hydrogen-bond acceptors (Lipinski definition) is 5. The largest absolute Gasteiger partial charge is 0.500 e. The maximum atomic E-state index is 5.68. The lowest BCUT2D eigenvalue weighted by Crippen LogP contribution is -2.46. The van der Waals surface area contributed by atoms with Crippen LogP contribution in [0.15, 0.2) is 0 Å². The lowest BCUT2D eigenvalue weighted by atomic mass is 10.5. The Morgan fingerprint density at radius 1 is 1.00 bits per heavy atom. The highest BCUT2D eigenvalue weighted by Gasteiger charge is 2.39. The Hall–Kier alpha value is 0.0169. The predicted molar refractivity (Wildman–Crippen MR) is 62.2 cm³/mol. The van der Waals surface area contributed by atoms with Crippen LogP contribution in [0.2, 0.25) is 6.04 Å². The van der Waals surface area contributed by atoms with E-state index in [-0.39, 0.29) is 0 Å². The highest BCUT2D eigenvalue weighted by atomic mass is 28.4. The molecule has 0 saturated heterocycles. The molecule has 0 radical (unpaired) electrons. The molecule has 0 unspecified atom stereocenters. The van der Waals surface area contributed by atoms with Crippen LogP contribution in [-0.4, -0.2) is 35.2 Å². The Kier molecular flexibility index (Phi) is 9.27. The van der Waals surface area contributed by atoms with Gasteiger partial charge in [0.1, 0.15) is 0 Å². The third-order valence-corrected chi connectivity index (χ3v) is 5.05. The van der Waals surface area contributed by atoms with Crippen molar-refractivity contribution in [2.75, 3.05) is 26.4 Å². The van der Waals surface area contributed by atoms with Crippen molar-refractivity contribution in [1.82, 2.24) is 5.43 Å². The molecule has 0 rings (SSSR count). The van der Waals surface area contributed by atoms with E-state index in [1.54, 1.807) is 0 Å². The molecule has 3 N–H and O–H groups in total. The second kappa shape index (κ2) is 9.26. The lowest BCUT2D eigenvalue weighted by molar-refractivity contribution is 0.0708. The number of nitrogens with one attached hydrogen (secondary N) is 1. The minimum Gasteiger partial charge on any atom is -0.374 e. The van der Waals surface area contributed by atoms with E-state index >= 15 is 0 Å². The fraction of sp³-hybridized carbons (Fsp3) is 1.00. The van der Waals surface area contributed by atoms with Gasteiger partial charge in [-0.3, -0.25) is 11.3 Å². The number of hydrazine groups is 1. The van der Waals surface area contributed by atoms with Crippen molar-refractivity contribution in [1.29, 1.82) is 0 Å². The van der Waals surface area contributed by atoms with Crippen molar-refractivity contribution in [2.24, 2.45) is 5.84 Å². The molecule has 0 aliphatic heterocycles. The zero-order chi connectivity index (χ0) is 11.6. The Labute approximate surface area is 93.6 Å². The molecule has 92 valence electrons. The van der Waals surface area contributed by atoms with Gasteiger partial charge >= 0.3 is 8.80 Å². The van der Waals surface area contributed by atoms with Crippen LogP contribution >= 0.6 is 0 Å². The molecule has 0 bridgehead atoms. The molecular weight excluding hydrogens is 212 g/mol. The minimum absolute atomic E-state index is 0.627. The summed E-state index contributed by atoms with van der Waals surface area (Å²) in [6, 6.07) is 0.812. The molecule has 0 heterocycles. The maximum Gasteiger partial charge on any atom is 0.500 e. The number of nitrogens with two attached hydrogens (primary N) is 1. The molecule has 0 aromatic carbocycles. The Bertz CT molecular complexity index is 132. The molecule has 0 atom stereocenters. The molecule has 0 saturated carbocycles. The van der Waals surface area contributed by atoms with Gasteiger partial charge in [-0.1, -0.05) is 0 Å². The molecule has 0 aliphatic rings. The average Bonchev–Trinajstić information content (AvgIpc) is 2.19. The second-order valence-corrected chi connectivity index (χ2v) is 5.77. The van der Waals surface area contributed by atoms with Crippen molar-refractivity contribution >= 4 is 8.80 Å². The van der Waals surface area contributed by atoms with E-state index < -0.39 is 8.80 Å². The van der Waals surface area contributed by atoms with Crippen LogP contribution in [0.3, 0.4) is 0 Å². The van der Waals surface area contributed by atoms with Crippen LogP contribution in [-0.2, 0) is 13.3 Å². The van der Waals surface area contributed by atoms with E-state index in [1.165, 1.54) is 0 Å². The van der Waals surface area contributed by atoms with Crippen LogP contribution in [0.1, 0.15) is 27.2 Å². The first-order valence-electron chi connectivity index (χ1n) is 5.60. The van der Waals surface area contributed by atoms with Crippen LogP contribution in [0.25, 0.3) is 0 Å². The van der Waals surface area contributed by atoms with Gasteiger partial charge in [-0.2, -0.15) is 0 Å². The van der Waals surface area contributed by atoms with Gasteiger partial charge in [0.05, 0.1) is 0 Å². The normalized spacial score (nSPS) is 12.0. The highest BCUT2D eigenvalue weighted by Crippen LogP contribution is 2.17. The Morgan fingerprint density at radius 3 is 1.80 bits per heavy atom. The molecular formula is C9H24N2O3Si. The molecule has 0 amide bonds. The van der Waals surface area contributed by atoms with Crippen molar-refractivity contribution < 1.29 is 13.3 Å². The summed E-state index contributed by atoms with van der Waals surface area (Å²) < 4.78 is 17.0. The summed E-state index contributed by atoms with van der Waals surface area (Å²) in [5.74, 6) is 5.22. The van der Waals surface area contributed by atoms with E-state index in [9.17, 15) is 0 Å². The molecule has 0 spiro atoms. The van der Waals surface area contributed by atoms with Gasteiger partial charge in [0.2, 0.25) is 0 Å². The Morgan fingerprint density at radius 2 is 1.47 bits per heavy atom. The average molecular weight is 236 g/mol. The van der Waals surface area contributed by atoms with E-state index in [2.05, 4.69) is 5.43 Å². The summed E-state index contributed by atoms with van der Waals surface area (Å²) in [6.45, 7) is 8.51. The summed E-state index contributed by atoms with van der Waals surface area (Å²) in [4.78, 5) is 0. The molecule has 0 aliphatic carbocycles. The number of rotatable bonds is 10. The van der Waals surface area contributed by atoms with Crippen LogP contribution < -0.4 is 11.3 Å². The molecule has 15 heavy (non-hydrogen) atoms. The fourth-order valence-electron chi connectivity index (χ4n) is 1.41. The third kappa shape index (κ3) is 6.24. The van der Waals surface area contributed by atoms with Gasteiger partial charge in [0.25, 0.3) is 0 Å². The van der Waals surface area contributed by atoms with Crippen molar-refractivity contribution in [3.63, 3.8) is 0 Å². The monoisotopic (exact) mass is 236 g/mol. The summed E-state index contributed by atoms with van der Waals surface area (Å²) >= 11 is 0. The van der Waals surface area contributed by atoms with Gasteiger partial charge in [0.15, 0.2) is 0 Å². The number of hydrogen-bond donors (Lipinski definition) is 2. The van der Waals surface area contributed by atoms with E-state index in [0.29, 0.717) is 19.8 Å². The summed E-state index contributed by atoms with van der Waals surface area (Å²) in [7, 11) is -2.43. The molecule has 5 nitrogen and oxygen atoms in total. The molecule has 0 fully saturated rings. The van der Waals surface area contributed by atoms with Crippen molar-refractivity contribution in [3.05, 3.63) is 0 Å². The summed E-state index contributed by atoms with van der Waals surface area (Å²) in [5.41, 5.74) is 2.62. The predicted octanol–water partition coefficient (Wildman–Crippen LogP) is 0.888. The fourth-order valence-corrected chi connectivity index (χ4v) is 4.02. The van der Waals surface area contributed by atoms with Gasteiger partial charge in [-0.15, -0.1) is 0 Å². The first-order valence-corrected chi connectivity index (χ1v) is 7.53. The second-order valence-electron chi connectivity index (χ2n) is 3.04. The van der Waals surface area contributed by atoms with Crippen LogP contribution in [0.5, 0.6) is 0 Å². The smallest absolute Gasteiger partial charge is 0.374 e. The SMILES string of the molecule is CCO[Si](CCCNN)(OCC)OCC. The lowest BCUT2D eigenvalue weighted by Gasteiger charge is -2.28. The molecule has 0 aromatic rings. The minimum atomic E-state index is -2.43. The zero-order valence-electron chi connectivity index (χ0n) is 10.0. The third-order valence-electron chi connectivity index (χ3n) is 1.90. The van der Waals surface area contributed by atoms with Gasteiger partial charge in [0, 0.05) is 32.4 Å². The van der Waals surface area contributed by atoms with Gasteiger partial charge < -0.3 is 13.3 Å². The van der Waals surface area contributed by atoms with Gasteiger partial charge in [-0.25, -0.2) is 0 Å². The zero-order valence-corrected chi connectivity index (χ0v) is 11.0. The summed E-state index contributed by atoms with van der Waals surface area (Å²) in [5, 5.41) is 0. The first-order chi connectivity index (χ1) is 7.24. The summed E-state index contributed by atoms with van der Waals surface area (Å²) in [6.07, 6.45) is 0.905. The van der Waals surface area contributed by atoms with Gasteiger partial charge in [-0.05, 0) is 27.2 Å².